The number of hydrogen-bond acceptors (Lipinski definition) is 4. The molecule has 2 rings (SSSR count). The third-order valence-electron chi connectivity index (χ3n) is 3.56. The van der Waals surface area contributed by atoms with E-state index in [0.717, 1.165) is 32.7 Å². The van der Waals surface area contributed by atoms with E-state index in [1.165, 1.54) is 5.56 Å². The molecule has 1 aromatic rings. The van der Waals surface area contributed by atoms with Gasteiger partial charge in [-0.15, -0.1) is 0 Å². The van der Waals surface area contributed by atoms with Crippen LogP contribution in [0.1, 0.15) is 24.8 Å². The first-order valence-corrected chi connectivity index (χ1v) is 7.05. The Morgan fingerprint density at radius 3 is 2.60 bits per heavy atom. The van der Waals surface area contributed by atoms with E-state index < -0.39 is 0 Å². The summed E-state index contributed by atoms with van der Waals surface area (Å²) in [5.41, 5.74) is 1.26. The van der Waals surface area contributed by atoms with E-state index in [4.69, 9.17) is 5.26 Å². The highest BCUT2D eigenvalue weighted by Crippen LogP contribution is 2.09. The molecule has 1 amide bonds. The largest absolute Gasteiger partial charge is 0.340 e. The molecule has 0 spiro atoms. The average molecular weight is 272 g/mol. The van der Waals surface area contributed by atoms with Gasteiger partial charge in [-0.1, -0.05) is 0 Å². The van der Waals surface area contributed by atoms with Crippen LogP contribution in [0.5, 0.6) is 0 Å². The topological polar surface area (TPSA) is 60.2 Å². The Balaban J connectivity index is 1.72. The van der Waals surface area contributed by atoms with Gasteiger partial charge >= 0.3 is 0 Å². The lowest BCUT2D eigenvalue weighted by Gasteiger charge is -2.34. The molecule has 20 heavy (non-hydrogen) atoms. The third-order valence-corrected chi connectivity index (χ3v) is 3.56. The molecule has 0 bridgehead atoms. The molecule has 1 aliphatic heterocycles. The monoisotopic (exact) mass is 272 g/mol. The zero-order valence-corrected chi connectivity index (χ0v) is 11.7. The van der Waals surface area contributed by atoms with E-state index in [9.17, 15) is 4.79 Å². The Morgan fingerprint density at radius 1 is 1.25 bits per heavy atom. The lowest BCUT2D eigenvalue weighted by Crippen LogP contribution is -2.48. The van der Waals surface area contributed by atoms with Gasteiger partial charge in [0.1, 0.15) is 0 Å². The number of nitriles is 1. The molecule has 0 aliphatic carbocycles. The smallest absolute Gasteiger partial charge is 0.222 e. The number of amides is 1. The Kier molecular flexibility index (Phi) is 5.51. The molecule has 5 heteroatoms. The Morgan fingerprint density at radius 2 is 1.95 bits per heavy atom. The summed E-state index contributed by atoms with van der Waals surface area (Å²) >= 11 is 0. The van der Waals surface area contributed by atoms with Crippen molar-refractivity contribution in [3.63, 3.8) is 0 Å². The van der Waals surface area contributed by atoms with Gasteiger partial charge in [0.2, 0.25) is 5.91 Å². The van der Waals surface area contributed by atoms with Crippen LogP contribution in [-0.2, 0) is 11.3 Å². The number of unbranched alkanes of at least 4 members (excludes halogenated alkanes) is 1. The van der Waals surface area contributed by atoms with Crippen LogP contribution in [0.2, 0.25) is 0 Å². The van der Waals surface area contributed by atoms with Gasteiger partial charge in [-0.2, -0.15) is 5.26 Å². The van der Waals surface area contributed by atoms with E-state index >= 15 is 0 Å². The summed E-state index contributed by atoms with van der Waals surface area (Å²) in [6.45, 7) is 4.31. The molecular weight excluding hydrogens is 252 g/mol. The average Bonchev–Trinajstić information content (AvgIpc) is 2.49. The molecule has 106 valence electrons. The van der Waals surface area contributed by atoms with Crippen molar-refractivity contribution < 1.29 is 4.79 Å². The molecule has 0 radical (unpaired) electrons. The van der Waals surface area contributed by atoms with E-state index in [1.807, 2.05) is 29.4 Å². The van der Waals surface area contributed by atoms with Gasteiger partial charge in [0, 0.05) is 58.0 Å². The second-order valence-electron chi connectivity index (χ2n) is 5.02. The quantitative estimate of drug-likeness (QED) is 0.761. The first kappa shape index (κ1) is 14.5. The summed E-state index contributed by atoms with van der Waals surface area (Å²) in [4.78, 5) is 20.2. The minimum absolute atomic E-state index is 0.184. The van der Waals surface area contributed by atoms with Crippen molar-refractivity contribution in [3.8, 4) is 6.07 Å². The van der Waals surface area contributed by atoms with Crippen molar-refractivity contribution in [2.75, 3.05) is 26.2 Å². The molecule has 0 aromatic carbocycles. The van der Waals surface area contributed by atoms with E-state index in [1.54, 1.807) is 0 Å². The van der Waals surface area contributed by atoms with Crippen molar-refractivity contribution in [3.05, 3.63) is 30.1 Å². The number of carbonyl (C=O) groups excluding carboxylic acids is 1. The predicted octanol–water partition coefficient (Wildman–Crippen LogP) is 1.42. The van der Waals surface area contributed by atoms with Gasteiger partial charge in [0.25, 0.3) is 0 Å². The number of rotatable bonds is 5. The molecule has 2 heterocycles. The zero-order valence-electron chi connectivity index (χ0n) is 11.7. The number of hydrogen-bond donors (Lipinski definition) is 0. The maximum absolute atomic E-state index is 11.9. The normalized spacial score (nSPS) is 15.8. The highest BCUT2D eigenvalue weighted by Gasteiger charge is 2.20. The van der Waals surface area contributed by atoms with E-state index in [2.05, 4.69) is 16.0 Å². The number of piperazine rings is 1. The second-order valence-corrected chi connectivity index (χ2v) is 5.02. The van der Waals surface area contributed by atoms with Crippen LogP contribution in [0, 0.1) is 11.3 Å². The fraction of sp³-hybridized carbons (Fsp3) is 0.533. The molecule has 1 aromatic heterocycles. The highest BCUT2D eigenvalue weighted by atomic mass is 16.2. The minimum Gasteiger partial charge on any atom is -0.340 e. The van der Waals surface area contributed by atoms with Crippen LogP contribution in [0.25, 0.3) is 0 Å². The van der Waals surface area contributed by atoms with Gasteiger partial charge in [0.15, 0.2) is 0 Å². The van der Waals surface area contributed by atoms with Crippen LogP contribution < -0.4 is 0 Å². The van der Waals surface area contributed by atoms with E-state index in [0.29, 0.717) is 19.3 Å². The van der Waals surface area contributed by atoms with Gasteiger partial charge in [0.05, 0.1) is 6.07 Å². The molecule has 0 unspecified atom stereocenters. The number of aromatic nitrogens is 1. The van der Waals surface area contributed by atoms with Crippen LogP contribution >= 0.6 is 0 Å². The van der Waals surface area contributed by atoms with Crippen LogP contribution in [0.3, 0.4) is 0 Å². The molecule has 1 saturated heterocycles. The van der Waals surface area contributed by atoms with Crippen molar-refractivity contribution in [1.29, 1.82) is 5.26 Å². The first-order chi connectivity index (χ1) is 9.79. The zero-order chi connectivity index (χ0) is 14.2. The summed E-state index contributed by atoms with van der Waals surface area (Å²) in [7, 11) is 0. The van der Waals surface area contributed by atoms with Crippen molar-refractivity contribution in [1.82, 2.24) is 14.8 Å². The van der Waals surface area contributed by atoms with Gasteiger partial charge in [-0.3, -0.25) is 14.7 Å². The minimum atomic E-state index is 0.184. The van der Waals surface area contributed by atoms with Gasteiger partial charge < -0.3 is 4.90 Å². The fourth-order valence-corrected chi connectivity index (χ4v) is 2.38. The second kappa shape index (κ2) is 7.61. The Labute approximate surface area is 119 Å². The molecule has 1 aliphatic rings. The summed E-state index contributed by atoms with van der Waals surface area (Å²) in [5.74, 6) is 0.184. The van der Waals surface area contributed by atoms with Crippen molar-refractivity contribution >= 4 is 5.91 Å². The maximum atomic E-state index is 11.9. The number of nitrogens with zero attached hydrogens (tertiary/aromatic N) is 4. The van der Waals surface area contributed by atoms with Crippen LogP contribution in [0.4, 0.5) is 0 Å². The predicted molar refractivity (Wildman–Crippen MR) is 75.6 cm³/mol. The summed E-state index contributed by atoms with van der Waals surface area (Å²) < 4.78 is 0. The van der Waals surface area contributed by atoms with Gasteiger partial charge in [-0.05, 0) is 24.1 Å². The van der Waals surface area contributed by atoms with Crippen molar-refractivity contribution in [2.45, 2.75) is 25.8 Å². The number of carbonyl (C=O) groups is 1. The van der Waals surface area contributed by atoms with E-state index in [-0.39, 0.29) is 5.91 Å². The maximum Gasteiger partial charge on any atom is 0.222 e. The molecule has 0 atom stereocenters. The summed E-state index contributed by atoms with van der Waals surface area (Å²) in [6.07, 6.45) is 5.26. The fourth-order valence-electron chi connectivity index (χ4n) is 2.38. The van der Waals surface area contributed by atoms with Crippen LogP contribution in [0.15, 0.2) is 24.5 Å². The van der Waals surface area contributed by atoms with Crippen LogP contribution in [-0.4, -0.2) is 46.9 Å². The molecule has 1 fully saturated rings. The lowest BCUT2D eigenvalue weighted by molar-refractivity contribution is -0.133. The standard InChI is InChI=1S/C15H20N4O/c16-6-2-1-3-15(20)19-11-9-18(10-12-19)13-14-4-7-17-8-5-14/h4-5,7-8H,1-3,9-13H2. The lowest BCUT2D eigenvalue weighted by atomic mass is 10.2. The molecule has 0 saturated carbocycles. The van der Waals surface area contributed by atoms with Crippen molar-refractivity contribution in [2.24, 2.45) is 0 Å². The molecular formula is C15H20N4O. The summed E-state index contributed by atoms with van der Waals surface area (Å²) in [5, 5.41) is 8.48. The Bertz CT molecular complexity index is 461. The molecule has 5 nitrogen and oxygen atoms in total. The first-order valence-electron chi connectivity index (χ1n) is 7.05. The molecule has 0 N–H and O–H groups in total. The van der Waals surface area contributed by atoms with Gasteiger partial charge in [-0.25, -0.2) is 0 Å². The number of pyridine rings is 1. The summed E-state index contributed by atoms with van der Waals surface area (Å²) in [6, 6.07) is 6.13. The Hall–Kier alpha value is -1.93. The highest BCUT2D eigenvalue weighted by molar-refractivity contribution is 5.76. The third kappa shape index (κ3) is 4.32. The SMILES string of the molecule is N#CCCCC(=O)N1CCN(Cc2ccncc2)CC1.